The number of alkyl halides is 3. The van der Waals surface area contributed by atoms with Crippen LogP contribution in [-0.2, 0) is 6.42 Å². The Balaban J connectivity index is 1.70. The average molecular weight is 444 g/mol. The van der Waals surface area contributed by atoms with Gasteiger partial charge in [0.25, 0.3) is 0 Å². The molecule has 2 aromatic carbocycles. The van der Waals surface area contributed by atoms with E-state index in [9.17, 15) is 26.3 Å². The van der Waals surface area contributed by atoms with Crippen LogP contribution in [0.25, 0.3) is 11.1 Å². The molecule has 31 heavy (non-hydrogen) atoms. The van der Waals surface area contributed by atoms with Crippen molar-refractivity contribution in [1.29, 1.82) is 0 Å². The van der Waals surface area contributed by atoms with Crippen molar-refractivity contribution in [2.24, 2.45) is 11.8 Å². The molecule has 1 fully saturated rings. The van der Waals surface area contributed by atoms with Gasteiger partial charge in [-0.2, -0.15) is 0 Å². The molecule has 0 spiro atoms. The van der Waals surface area contributed by atoms with Crippen LogP contribution in [0.2, 0.25) is 0 Å². The average Bonchev–Trinajstić information content (AvgIpc) is 2.68. The highest BCUT2D eigenvalue weighted by molar-refractivity contribution is 5.66. The summed E-state index contributed by atoms with van der Waals surface area (Å²) in [6, 6.07) is 4.82. The van der Waals surface area contributed by atoms with Gasteiger partial charge in [0, 0.05) is 0 Å². The summed E-state index contributed by atoms with van der Waals surface area (Å²) < 4.78 is 83.7. The van der Waals surface area contributed by atoms with Crippen molar-refractivity contribution in [1.82, 2.24) is 0 Å². The highest BCUT2D eigenvalue weighted by Gasteiger charge is 2.32. The first-order chi connectivity index (χ1) is 14.7. The van der Waals surface area contributed by atoms with E-state index in [1.165, 1.54) is 31.4 Å². The molecule has 3 rings (SSSR count). The molecule has 1 nitrogen and oxygen atoms in total. The lowest BCUT2D eigenvalue weighted by molar-refractivity contribution is -0.275. The fraction of sp³-hybridized carbons (Fsp3) is 0.500. The molecule has 0 unspecified atom stereocenters. The number of halogens is 6. The van der Waals surface area contributed by atoms with Gasteiger partial charge in [-0.1, -0.05) is 45.1 Å². The minimum absolute atomic E-state index is 0.190. The molecule has 1 aliphatic carbocycles. The van der Waals surface area contributed by atoms with Gasteiger partial charge in [0.2, 0.25) is 0 Å². The molecule has 0 aromatic heterocycles. The monoisotopic (exact) mass is 444 g/mol. The van der Waals surface area contributed by atoms with Gasteiger partial charge < -0.3 is 4.74 Å². The topological polar surface area (TPSA) is 9.23 Å². The van der Waals surface area contributed by atoms with E-state index in [-0.39, 0.29) is 5.56 Å². The van der Waals surface area contributed by atoms with E-state index >= 15 is 0 Å². The Labute approximate surface area is 178 Å². The predicted octanol–water partition coefficient (Wildman–Crippen LogP) is 8.21. The van der Waals surface area contributed by atoms with Gasteiger partial charge in [-0.05, 0) is 66.5 Å². The molecule has 2 aromatic rings. The summed E-state index contributed by atoms with van der Waals surface area (Å²) >= 11 is 0. The molecule has 0 saturated heterocycles. The van der Waals surface area contributed by atoms with E-state index in [2.05, 4.69) is 11.7 Å². The molecule has 7 heteroatoms. The summed E-state index contributed by atoms with van der Waals surface area (Å²) in [6.07, 6.45) is 3.51. The van der Waals surface area contributed by atoms with E-state index in [0.717, 1.165) is 37.7 Å². The minimum Gasteiger partial charge on any atom is -0.403 e. The van der Waals surface area contributed by atoms with Crippen molar-refractivity contribution in [2.75, 3.05) is 0 Å². The number of unbranched alkanes of at least 4 members (excludes halogenated alkanes) is 1. The summed E-state index contributed by atoms with van der Waals surface area (Å²) in [7, 11) is 0. The lowest BCUT2D eigenvalue weighted by Crippen LogP contribution is -2.18. The normalized spacial score (nSPS) is 19.5. The number of benzene rings is 2. The summed E-state index contributed by atoms with van der Waals surface area (Å²) in [5.74, 6) is -3.02. The molecular weight excluding hydrogens is 418 g/mol. The fourth-order valence-electron chi connectivity index (χ4n) is 4.43. The van der Waals surface area contributed by atoms with Crippen molar-refractivity contribution in [3.63, 3.8) is 0 Å². The summed E-state index contributed by atoms with van der Waals surface area (Å²) in [6.45, 7) is 2.18. The zero-order valence-electron chi connectivity index (χ0n) is 17.4. The number of hydrogen-bond acceptors (Lipinski definition) is 1. The molecule has 1 aliphatic rings. The molecule has 0 radical (unpaired) electrons. The highest BCUT2D eigenvalue weighted by Crippen LogP contribution is 2.36. The first-order valence-electron chi connectivity index (χ1n) is 10.7. The molecule has 170 valence electrons. The Morgan fingerprint density at radius 1 is 0.871 bits per heavy atom. The fourth-order valence-corrected chi connectivity index (χ4v) is 4.43. The van der Waals surface area contributed by atoms with E-state index in [1.807, 2.05) is 0 Å². The molecular formula is C24H26F6O. The maximum Gasteiger partial charge on any atom is 0.573 e. The SMILES string of the molecule is CCCCC1CCC(Cc2cc(F)c(-c3ccc(OC(F)(F)F)c(F)c3)c(F)c2)CC1. The standard InChI is InChI=1S/C24H26F6O/c1-2-3-4-15-5-7-16(8-6-15)11-17-12-20(26)23(21(27)13-17)18-9-10-22(19(25)14-18)31-24(28,29)30/h9-10,12-16H,2-8,11H2,1H3. The van der Waals surface area contributed by atoms with Crippen molar-refractivity contribution in [3.05, 3.63) is 53.3 Å². The number of rotatable bonds is 7. The Hall–Kier alpha value is -2.18. The van der Waals surface area contributed by atoms with Gasteiger partial charge in [-0.25, -0.2) is 13.2 Å². The third kappa shape index (κ3) is 6.40. The largest absolute Gasteiger partial charge is 0.573 e. The van der Waals surface area contributed by atoms with Gasteiger partial charge in [0.1, 0.15) is 11.6 Å². The van der Waals surface area contributed by atoms with Crippen molar-refractivity contribution in [2.45, 2.75) is 64.7 Å². The third-order valence-electron chi connectivity index (χ3n) is 6.00. The lowest BCUT2D eigenvalue weighted by atomic mass is 9.77. The van der Waals surface area contributed by atoms with Crippen LogP contribution in [0.4, 0.5) is 26.3 Å². The Morgan fingerprint density at radius 2 is 1.48 bits per heavy atom. The smallest absolute Gasteiger partial charge is 0.403 e. The molecule has 0 aliphatic heterocycles. The van der Waals surface area contributed by atoms with Gasteiger partial charge in [-0.3, -0.25) is 0 Å². The van der Waals surface area contributed by atoms with Crippen LogP contribution in [0.5, 0.6) is 5.75 Å². The minimum atomic E-state index is -5.06. The first kappa shape index (κ1) is 23.5. The van der Waals surface area contributed by atoms with E-state index in [4.69, 9.17) is 0 Å². The Morgan fingerprint density at radius 3 is 2.03 bits per heavy atom. The van der Waals surface area contributed by atoms with Gasteiger partial charge >= 0.3 is 6.36 Å². The highest BCUT2D eigenvalue weighted by atomic mass is 19.4. The zero-order chi connectivity index (χ0) is 22.6. The van der Waals surface area contributed by atoms with Crippen LogP contribution in [0.15, 0.2) is 30.3 Å². The first-order valence-corrected chi connectivity index (χ1v) is 10.7. The van der Waals surface area contributed by atoms with Crippen molar-refractivity contribution in [3.8, 4) is 16.9 Å². The lowest BCUT2D eigenvalue weighted by Gasteiger charge is -2.28. The Kier molecular flexibility index (Phi) is 7.55. The molecule has 0 atom stereocenters. The zero-order valence-corrected chi connectivity index (χ0v) is 17.4. The second-order valence-corrected chi connectivity index (χ2v) is 8.36. The van der Waals surface area contributed by atoms with Crippen LogP contribution >= 0.6 is 0 Å². The maximum absolute atomic E-state index is 14.7. The maximum atomic E-state index is 14.7. The molecule has 1 saturated carbocycles. The summed E-state index contributed by atoms with van der Waals surface area (Å²) in [5.41, 5.74) is -0.122. The summed E-state index contributed by atoms with van der Waals surface area (Å²) in [4.78, 5) is 0. The van der Waals surface area contributed by atoms with E-state index < -0.39 is 35.1 Å². The van der Waals surface area contributed by atoms with Gasteiger partial charge in [-0.15, -0.1) is 13.2 Å². The number of ether oxygens (including phenoxy) is 1. The summed E-state index contributed by atoms with van der Waals surface area (Å²) in [5, 5.41) is 0. The molecule has 0 N–H and O–H groups in total. The molecule has 0 amide bonds. The van der Waals surface area contributed by atoms with E-state index in [1.54, 1.807) is 0 Å². The van der Waals surface area contributed by atoms with Gasteiger partial charge in [0.15, 0.2) is 11.6 Å². The van der Waals surface area contributed by atoms with E-state index in [0.29, 0.717) is 30.0 Å². The Bertz CT molecular complexity index is 861. The van der Waals surface area contributed by atoms with Crippen molar-refractivity contribution >= 4 is 0 Å². The van der Waals surface area contributed by atoms with Crippen LogP contribution in [-0.4, -0.2) is 6.36 Å². The molecule has 0 heterocycles. The van der Waals surface area contributed by atoms with Crippen LogP contribution in [0.3, 0.4) is 0 Å². The van der Waals surface area contributed by atoms with Crippen LogP contribution in [0, 0.1) is 29.3 Å². The van der Waals surface area contributed by atoms with Gasteiger partial charge in [0.05, 0.1) is 5.56 Å². The van der Waals surface area contributed by atoms with Crippen LogP contribution < -0.4 is 4.74 Å². The van der Waals surface area contributed by atoms with Crippen LogP contribution in [0.1, 0.15) is 57.4 Å². The second-order valence-electron chi connectivity index (χ2n) is 8.36. The third-order valence-corrected chi connectivity index (χ3v) is 6.00. The van der Waals surface area contributed by atoms with Crippen molar-refractivity contribution < 1.29 is 31.1 Å². The second kappa shape index (κ2) is 9.96. The predicted molar refractivity (Wildman–Crippen MR) is 107 cm³/mol. The number of hydrogen-bond donors (Lipinski definition) is 0. The quantitative estimate of drug-likeness (QED) is 0.391. The molecule has 0 bridgehead atoms.